The number of rotatable bonds is 10. The Morgan fingerprint density at radius 1 is 1.09 bits per heavy atom. The van der Waals surface area contributed by atoms with Crippen molar-refractivity contribution in [3.63, 3.8) is 0 Å². The molecule has 5 rings (SSSR count). The number of aliphatic carboxylic acids is 2. The van der Waals surface area contributed by atoms with Gasteiger partial charge < -0.3 is 49.4 Å². The smallest absolute Gasteiger partial charge is 0.348 e. The number of aromatic hydroxyl groups is 1. The summed E-state index contributed by atoms with van der Waals surface area (Å²) in [4.78, 5) is 62.4. The van der Waals surface area contributed by atoms with E-state index in [4.69, 9.17) is 24.1 Å². The van der Waals surface area contributed by atoms with Crippen molar-refractivity contribution in [3.05, 3.63) is 35.1 Å². The number of esters is 3. The van der Waals surface area contributed by atoms with E-state index in [0.717, 1.165) is 12.5 Å². The van der Waals surface area contributed by atoms with Gasteiger partial charge in [0, 0.05) is 18.0 Å². The van der Waals surface area contributed by atoms with Gasteiger partial charge in [0.15, 0.2) is 17.6 Å². The lowest BCUT2D eigenvalue weighted by molar-refractivity contribution is -0.184. The molecule has 1 aromatic rings. The van der Waals surface area contributed by atoms with Crippen molar-refractivity contribution < 1.29 is 68.5 Å². The normalized spacial score (nSPS) is 28.7. The molecule has 2 heterocycles. The average molecular weight is 606 g/mol. The highest BCUT2D eigenvalue weighted by molar-refractivity contribution is 5.88. The highest BCUT2D eigenvalue weighted by Crippen LogP contribution is 2.65. The van der Waals surface area contributed by atoms with Crippen LogP contribution in [0.15, 0.2) is 24.0 Å². The van der Waals surface area contributed by atoms with Crippen molar-refractivity contribution in [1.82, 2.24) is 4.90 Å². The van der Waals surface area contributed by atoms with Crippen molar-refractivity contribution >= 4 is 29.8 Å². The maximum absolute atomic E-state index is 13.2. The van der Waals surface area contributed by atoms with Crippen LogP contribution in [0, 0.1) is 0 Å². The summed E-state index contributed by atoms with van der Waals surface area (Å²) in [5.41, 5.74) is -0.872. The number of likely N-dealkylation sites (N-methyl/N-ethyl adjacent to an activating group) is 1. The first kappa shape index (κ1) is 30.3. The van der Waals surface area contributed by atoms with E-state index in [-0.39, 0.29) is 29.7 Å². The number of phenols is 1. The van der Waals surface area contributed by atoms with Crippen molar-refractivity contribution in [2.24, 2.45) is 0 Å². The first-order chi connectivity index (χ1) is 20.2. The Morgan fingerprint density at radius 3 is 2.44 bits per heavy atom. The van der Waals surface area contributed by atoms with Crippen LogP contribution in [-0.2, 0) is 50.0 Å². The van der Waals surface area contributed by atoms with Gasteiger partial charge >= 0.3 is 29.8 Å². The summed E-state index contributed by atoms with van der Waals surface area (Å²) in [6.07, 6.45) is -6.64. The molecule has 0 aromatic heterocycles. The minimum atomic E-state index is -2.15. The summed E-state index contributed by atoms with van der Waals surface area (Å²) in [5, 5.41) is 50.5. The first-order valence-electron chi connectivity index (χ1n) is 13.6. The molecule has 232 valence electrons. The number of ether oxygens (including phenoxy) is 4. The molecule has 0 radical (unpaired) electrons. The van der Waals surface area contributed by atoms with Crippen LogP contribution in [0.4, 0.5) is 0 Å². The highest BCUT2D eigenvalue weighted by atomic mass is 16.6. The molecule has 7 atom stereocenters. The van der Waals surface area contributed by atoms with Crippen LogP contribution < -0.4 is 4.74 Å². The number of aliphatic hydroxyl groups excluding tert-OH is 1. The molecule has 1 aromatic carbocycles. The predicted octanol–water partition coefficient (Wildman–Crippen LogP) is -0.633. The van der Waals surface area contributed by atoms with Crippen molar-refractivity contribution in [2.75, 3.05) is 13.6 Å². The molecule has 43 heavy (non-hydrogen) atoms. The number of likely N-dealkylation sites (tertiary alicyclic amines) is 1. The molecular weight excluding hydrogens is 574 g/mol. The number of carboxylic acids is 2. The third-order valence-corrected chi connectivity index (χ3v) is 8.69. The second kappa shape index (κ2) is 10.8. The third kappa shape index (κ3) is 4.86. The van der Waals surface area contributed by atoms with E-state index < -0.39 is 78.1 Å². The Morgan fingerprint density at radius 2 is 1.79 bits per heavy atom. The van der Waals surface area contributed by atoms with Crippen LogP contribution in [0.1, 0.15) is 43.7 Å². The van der Waals surface area contributed by atoms with Gasteiger partial charge in [0.25, 0.3) is 0 Å². The van der Waals surface area contributed by atoms with E-state index in [1.165, 1.54) is 12.1 Å². The number of piperidine rings is 1. The summed E-state index contributed by atoms with van der Waals surface area (Å²) in [5.74, 6) is -7.37. The van der Waals surface area contributed by atoms with Crippen LogP contribution in [0.2, 0.25) is 0 Å². The lowest BCUT2D eigenvalue weighted by Gasteiger charge is -2.61. The second-order valence-electron chi connectivity index (χ2n) is 11.2. The van der Waals surface area contributed by atoms with Crippen LogP contribution in [-0.4, -0.2) is 110 Å². The summed E-state index contributed by atoms with van der Waals surface area (Å²) in [7, 11) is 1.91. The van der Waals surface area contributed by atoms with Gasteiger partial charge in [0.05, 0.1) is 23.9 Å². The van der Waals surface area contributed by atoms with Crippen molar-refractivity contribution in [2.45, 2.75) is 80.5 Å². The van der Waals surface area contributed by atoms with Crippen LogP contribution >= 0.6 is 0 Å². The molecule has 2 aliphatic carbocycles. The number of hydrogen-bond acceptors (Lipinski definition) is 13. The average Bonchev–Trinajstić information content (AvgIpc) is 3.28. The van der Waals surface area contributed by atoms with Gasteiger partial charge in [-0.05, 0) is 51.1 Å². The molecule has 5 N–H and O–H groups in total. The minimum absolute atomic E-state index is 0.00955. The van der Waals surface area contributed by atoms with E-state index in [1.807, 2.05) is 7.05 Å². The molecule has 15 heteroatoms. The molecule has 1 saturated heterocycles. The number of carboxylic acid groups (broad SMARTS) is 2. The Bertz CT molecular complexity index is 1420. The van der Waals surface area contributed by atoms with Crippen LogP contribution in [0.25, 0.3) is 0 Å². The summed E-state index contributed by atoms with van der Waals surface area (Å²) in [6.45, 7) is 1.60. The quantitative estimate of drug-likeness (QED) is 0.165. The third-order valence-electron chi connectivity index (χ3n) is 8.69. The van der Waals surface area contributed by atoms with Gasteiger partial charge in [-0.1, -0.05) is 6.07 Å². The fourth-order valence-electron chi connectivity index (χ4n) is 6.73. The van der Waals surface area contributed by atoms with E-state index in [9.17, 15) is 44.4 Å². The molecule has 2 bridgehead atoms. The molecule has 0 saturated carbocycles. The van der Waals surface area contributed by atoms with Gasteiger partial charge in [0.2, 0.25) is 12.2 Å². The minimum Gasteiger partial charge on any atom is -0.504 e. The lowest BCUT2D eigenvalue weighted by atomic mass is 9.50. The van der Waals surface area contributed by atoms with Gasteiger partial charge in [0.1, 0.15) is 11.9 Å². The number of hydrogen-bond donors (Lipinski definition) is 5. The second-order valence-corrected chi connectivity index (χ2v) is 11.2. The lowest BCUT2D eigenvalue weighted by Crippen LogP contribution is -2.74. The monoisotopic (exact) mass is 605 g/mol. The molecule has 15 nitrogen and oxygen atoms in total. The zero-order valence-electron chi connectivity index (χ0n) is 23.2. The maximum Gasteiger partial charge on any atom is 0.348 e. The molecule has 2 aliphatic heterocycles. The largest absolute Gasteiger partial charge is 0.504 e. The fraction of sp³-hybridized carbons (Fsp3) is 0.536. The van der Waals surface area contributed by atoms with Gasteiger partial charge in [-0.15, -0.1) is 0 Å². The number of carbonyl (C=O) groups is 5. The standard InChI is InChI=1S/C28H31NO14/c1-12(30)25(37)42-17(26(38)41-16(24(35)36)10-19(32)33)11-20(34)40-15-5-6-28(39)18-9-13-3-4-14(31)22-21(13)27(28,23(15)43-22)7-8-29(18)2/h3-5,12,16-18,23,30-31,39H,6-11H2,1-2H3,(H,32,33)(H,35,36)/t12-,16-,17-,18-,23-,27-,28+/m0/s1. The zero-order chi connectivity index (χ0) is 31.4. The SMILES string of the molecule is C[C@H](O)C(=O)O[C@@H](CC(=O)OC1=CC[C@@]2(O)[C@@H]3Cc4ccc(O)c5c4[C@@]2(CCN3C)[C@H]1O5)C(=O)O[C@@H](CC(=O)O)C(=O)O. The Labute approximate surface area is 244 Å². The summed E-state index contributed by atoms with van der Waals surface area (Å²) >= 11 is 0. The maximum atomic E-state index is 13.2. The molecular formula is C28H31NO14. The number of aliphatic hydroxyl groups is 2. The van der Waals surface area contributed by atoms with Crippen molar-refractivity contribution in [1.29, 1.82) is 0 Å². The van der Waals surface area contributed by atoms with Crippen molar-refractivity contribution in [3.8, 4) is 11.5 Å². The highest BCUT2D eigenvalue weighted by Gasteiger charge is 2.72. The molecule has 0 unspecified atom stereocenters. The van der Waals surface area contributed by atoms with E-state index in [2.05, 4.69) is 4.90 Å². The van der Waals surface area contributed by atoms with E-state index in [1.54, 1.807) is 6.07 Å². The molecule has 0 amide bonds. The molecule has 1 fully saturated rings. The van der Waals surface area contributed by atoms with E-state index >= 15 is 0 Å². The summed E-state index contributed by atoms with van der Waals surface area (Å²) < 4.78 is 21.4. The predicted molar refractivity (Wildman–Crippen MR) is 139 cm³/mol. The number of carbonyl (C=O) groups excluding carboxylic acids is 3. The Balaban J connectivity index is 1.41. The van der Waals surface area contributed by atoms with Gasteiger partial charge in [-0.3, -0.25) is 9.59 Å². The number of benzene rings is 1. The molecule has 1 spiro atoms. The van der Waals surface area contributed by atoms with Crippen LogP contribution in [0.3, 0.4) is 0 Å². The Hall–Kier alpha value is -4.21. The van der Waals surface area contributed by atoms with Gasteiger partial charge in [-0.25, -0.2) is 14.4 Å². The topological polar surface area (TPSA) is 227 Å². The fourth-order valence-corrected chi connectivity index (χ4v) is 6.73. The zero-order valence-corrected chi connectivity index (χ0v) is 23.2. The first-order valence-corrected chi connectivity index (χ1v) is 13.6. The molecule has 4 aliphatic rings. The number of nitrogens with zero attached hydrogens (tertiary/aromatic N) is 1. The van der Waals surface area contributed by atoms with E-state index in [0.29, 0.717) is 24.9 Å². The van der Waals surface area contributed by atoms with Crippen LogP contribution in [0.5, 0.6) is 11.5 Å². The number of phenolic OH excluding ortho intramolecular Hbond substituents is 1. The summed E-state index contributed by atoms with van der Waals surface area (Å²) in [6, 6.07) is 2.98. The van der Waals surface area contributed by atoms with Gasteiger partial charge in [-0.2, -0.15) is 0 Å². The Kier molecular flexibility index (Phi) is 7.61.